The van der Waals surface area contributed by atoms with Crippen molar-refractivity contribution < 1.29 is 9.18 Å². The molecular formula is C17H17BrFNO. The molecule has 0 aromatic heterocycles. The van der Waals surface area contributed by atoms with Gasteiger partial charge in [-0.05, 0) is 37.3 Å². The Morgan fingerprint density at radius 3 is 2.62 bits per heavy atom. The maximum absolute atomic E-state index is 13.3. The topological polar surface area (TPSA) is 20.3 Å². The Kier molecular flexibility index (Phi) is 5.51. The smallest absolute Gasteiger partial charge is 0.164 e. The minimum atomic E-state index is -0.260. The number of halogens is 2. The largest absolute Gasteiger partial charge is 0.371 e. The monoisotopic (exact) mass is 349 g/mol. The molecule has 0 saturated carbocycles. The molecule has 0 atom stereocenters. The molecule has 0 spiro atoms. The summed E-state index contributed by atoms with van der Waals surface area (Å²) in [7, 11) is 0. The van der Waals surface area contributed by atoms with Crippen molar-refractivity contribution in [2.24, 2.45) is 0 Å². The van der Waals surface area contributed by atoms with Crippen LogP contribution in [0.25, 0.3) is 0 Å². The molecule has 21 heavy (non-hydrogen) atoms. The molecule has 0 fully saturated rings. The molecule has 0 aliphatic heterocycles. The number of Topliss-reactive ketones (excluding diaryl/α,β-unsaturated/α-hetero) is 1. The van der Waals surface area contributed by atoms with Gasteiger partial charge in [0.05, 0.1) is 0 Å². The first-order valence-electron chi connectivity index (χ1n) is 6.89. The van der Waals surface area contributed by atoms with E-state index in [0.717, 1.165) is 16.7 Å². The summed E-state index contributed by atoms with van der Waals surface area (Å²) in [4.78, 5) is 14.2. The maximum atomic E-state index is 13.3. The first kappa shape index (κ1) is 15.7. The van der Waals surface area contributed by atoms with E-state index in [-0.39, 0.29) is 11.6 Å². The van der Waals surface area contributed by atoms with Crippen LogP contribution in [0.15, 0.2) is 53.0 Å². The van der Waals surface area contributed by atoms with Crippen molar-refractivity contribution >= 4 is 27.4 Å². The Labute approximate surface area is 132 Å². The average molecular weight is 350 g/mol. The van der Waals surface area contributed by atoms with E-state index in [0.29, 0.717) is 18.5 Å². The van der Waals surface area contributed by atoms with Crippen LogP contribution in [0.3, 0.4) is 0 Å². The highest BCUT2D eigenvalue weighted by Gasteiger charge is 2.10. The number of carbonyl (C=O) groups excluding carboxylic acids is 1. The van der Waals surface area contributed by atoms with Gasteiger partial charge in [0, 0.05) is 35.2 Å². The summed E-state index contributed by atoms with van der Waals surface area (Å²) in [5.41, 5.74) is 1.50. The molecular weight excluding hydrogens is 333 g/mol. The summed E-state index contributed by atoms with van der Waals surface area (Å²) in [5.74, 6) is -0.171. The third-order valence-electron chi connectivity index (χ3n) is 3.31. The van der Waals surface area contributed by atoms with Crippen LogP contribution in [0.2, 0.25) is 0 Å². The predicted octanol–water partition coefficient (Wildman–Crippen LogP) is 4.69. The van der Waals surface area contributed by atoms with Crippen LogP contribution in [0.4, 0.5) is 10.1 Å². The van der Waals surface area contributed by atoms with Crippen molar-refractivity contribution in [3.63, 3.8) is 0 Å². The van der Waals surface area contributed by atoms with Crippen molar-refractivity contribution in [2.75, 3.05) is 18.0 Å². The zero-order valence-electron chi connectivity index (χ0n) is 11.9. The Morgan fingerprint density at radius 1 is 1.19 bits per heavy atom. The van der Waals surface area contributed by atoms with Gasteiger partial charge in [0.15, 0.2) is 5.78 Å². The van der Waals surface area contributed by atoms with Crippen LogP contribution >= 0.6 is 15.9 Å². The van der Waals surface area contributed by atoms with E-state index in [2.05, 4.69) is 15.9 Å². The van der Waals surface area contributed by atoms with Crippen LogP contribution < -0.4 is 4.90 Å². The molecule has 0 radical (unpaired) electrons. The molecule has 0 amide bonds. The molecule has 110 valence electrons. The molecule has 0 N–H and O–H groups in total. The number of hydrogen-bond donors (Lipinski definition) is 0. The number of hydrogen-bond acceptors (Lipinski definition) is 2. The molecule has 2 rings (SSSR count). The predicted molar refractivity (Wildman–Crippen MR) is 87.4 cm³/mol. The van der Waals surface area contributed by atoms with E-state index in [1.165, 1.54) is 12.1 Å². The molecule has 2 nitrogen and oxygen atoms in total. The summed E-state index contributed by atoms with van der Waals surface area (Å²) in [6.45, 7) is 3.30. The van der Waals surface area contributed by atoms with E-state index in [1.54, 1.807) is 6.07 Å². The number of benzene rings is 2. The Morgan fingerprint density at radius 2 is 1.95 bits per heavy atom. The van der Waals surface area contributed by atoms with Gasteiger partial charge in [0.2, 0.25) is 0 Å². The highest BCUT2D eigenvalue weighted by atomic mass is 79.9. The highest BCUT2D eigenvalue weighted by Crippen LogP contribution is 2.17. The van der Waals surface area contributed by atoms with Crippen LogP contribution in [0.1, 0.15) is 23.7 Å². The zero-order chi connectivity index (χ0) is 15.2. The minimum absolute atomic E-state index is 0.0890. The van der Waals surface area contributed by atoms with Gasteiger partial charge in [-0.2, -0.15) is 0 Å². The fourth-order valence-electron chi connectivity index (χ4n) is 2.19. The number of rotatable bonds is 6. The third-order valence-corrected chi connectivity index (χ3v) is 3.80. The van der Waals surface area contributed by atoms with Crippen LogP contribution in [-0.4, -0.2) is 18.9 Å². The summed E-state index contributed by atoms with van der Waals surface area (Å²) in [5, 5.41) is 0. The summed E-state index contributed by atoms with van der Waals surface area (Å²) in [6, 6.07) is 13.8. The SMILES string of the molecule is CCN(CCC(=O)c1cccc(Br)c1)c1cccc(F)c1. The second-order valence-electron chi connectivity index (χ2n) is 4.74. The minimum Gasteiger partial charge on any atom is -0.371 e. The molecule has 0 unspecified atom stereocenters. The van der Waals surface area contributed by atoms with E-state index in [9.17, 15) is 9.18 Å². The second kappa shape index (κ2) is 7.36. The Hall–Kier alpha value is -1.68. The lowest BCUT2D eigenvalue weighted by Crippen LogP contribution is -2.25. The van der Waals surface area contributed by atoms with Gasteiger partial charge in [-0.1, -0.05) is 34.1 Å². The summed E-state index contributed by atoms with van der Waals surface area (Å²) < 4.78 is 14.2. The first-order valence-corrected chi connectivity index (χ1v) is 7.68. The number of nitrogens with zero attached hydrogens (tertiary/aromatic N) is 1. The van der Waals surface area contributed by atoms with Crippen LogP contribution in [-0.2, 0) is 0 Å². The van der Waals surface area contributed by atoms with Gasteiger partial charge in [-0.25, -0.2) is 4.39 Å². The number of ketones is 1. The summed E-state index contributed by atoms with van der Waals surface area (Å²) in [6.07, 6.45) is 0.404. The van der Waals surface area contributed by atoms with Crippen LogP contribution in [0, 0.1) is 5.82 Å². The van der Waals surface area contributed by atoms with E-state index >= 15 is 0 Å². The molecule has 0 saturated heterocycles. The van der Waals surface area contributed by atoms with Gasteiger partial charge in [0.25, 0.3) is 0 Å². The maximum Gasteiger partial charge on any atom is 0.164 e. The molecule has 0 bridgehead atoms. The molecule has 0 aliphatic carbocycles. The molecule has 0 heterocycles. The normalized spacial score (nSPS) is 10.4. The van der Waals surface area contributed by atoms with Crippen molar-refractivity contribution in [1.82, 2.24) is 0 Å². The van der Waals surface area contributed by atoms with Gasteiger partial charge in [0.1, 0.15) is 5.82 Å². The highest BCUT2D eigenvalue weighted by molar-refractivity contribution is 9.10. The zero-order valence-corrected chi connectivity index (χ0v) is 13.4. The molecule has 0 aliphatic rings. The van der Waals surface area contributed by atoms with Crippen LogP contribution in [0.5, 0.6) is 0 Å². The van der Waals surface area contributed by atoms with Crippen molar-refractivity contribution in [3.05, 3.63) is 64.4 Å². The van der Waals surface area contributed by atoms with E-state index < -0.39 is 0 Å². The van der Waals surface area contributed by atoms with Crippen molar-refractivity contribution in [3.8, 4) is 0 Å². The third kappa shape index (κ3) is 4.39. The van der Waals surface area contributed by atoms with E-state index in [4.69, 9.17) is 0 Å². The van der Waals surface area contributed by atoms with Gasteiger partial charge < -0.3 is 4.90 Å². The number of anilines is 1. The molecule has 4 heteroatoms. The van der Waals surface area contributed by atoms with Crippen molar-refractivity contribution in [1.29, 1.82) is 0 Å². The van der Waals surface area contributed by atoms with Gasteiger partial charge in [-0.15, -0.1) is 0 Å². The lowest BCUT2D eigenvalue weighted by molar-refractivity contribution is 0.0984. The second-order valence-corrected chi connectivity index (χ2v) is 5.66. The summed E-state index contributed by atoms with van der Waals surface area (Å²) >= 11 is 3.36. The molecule has 2 aromatic rings. The van der Waals surface area contributed by atoms with Crippen molar-refractivity contribution in [2.45, 2.75) is 13.3 Å². The number of carbonyl (C=O) groups is 1. The average Bonchev–Trinajstić information content (AvgIpc) is 2.48. The Bertz CT molecular complexity index is 630. The van der Waals surface area contributed by atoms with E-state index in [1.807, 2.05) is 42.2 Å². The lowest BCUT2D eigenvalue weighted by atomic mass is 10.1. The quantitative estimate of drug-likeness (QED) is 0.705. The standard InChI is InChI=1S/C17H17BrFNO/c1-2-20(16-8-4-7-15(19)12-16)10-9-17(21)13-5-3-6-14(18)11-13/h3-8,11-12H,2,9-10H2,1H3. The molecule has 2 aromatic carbocycles. The fraction of sp³-hybridized carbons (Fsp3) is 0.235. The van der Waals surface area contributed by atoms with Gasteiger partial charge >= 0.3 is 0 Å². The lowest BCUT2D eigenvalue weighted by Gasteiger charge is -2.22. The Balaban J connectivity index is 2.02. The fourth-order valence-corrected chi connectivity index (χ4v) is 2.58. The first-order chi connectivity index (χ1) is 10.1. The van der Waals surface area contributed by atoms with Gasteiger partial charge in [-0.3, -0.25) is 4.79 Å².